The maximum atomic E-state index is 12.0. The molecule has 1 saturated carbocycles. The van der Waals surface area contributed by atoms with E-state index < -0.39 is 0 Å². The second-order valence-electron chi connectivity index (χ2n) is 4.63. The topological polar surface area (TPSA) is 17.1 Å². The minimum atomic E-state index is -0.175. The fourth-order valence-electron chi connectivity index (χ4n) is 2.52. The third-order valence-corrected chi connectivity index (χ3v) is 3.57. The van der Waals surface area contributed by atoms with Gasteiger partial charge in [0.15, 0.2) is 5.78 Å². The van der Waals surface area contributed by atoms with Crippen molar-refractivity contribution in [3.8, 4) is 0 Å². The third kappa shape index (κ3) is 1.03. The van der Waals surface area contributed by atoms with E-state index >= 15 is 0 Å². The number of hydrogen-bond acceptors (Lipinski definition) is 1. The lowest BCUT2D eigenvalue weighted by Crippen LogP contribution is -2.38. The largest absolute Gasteiger partial charge is 0.294 e. The molecule has 0 N–H and O–H groups in total. The number of carbonyl (C=O) groups excluding carboxylic acids is 1. The van der Waals surface area contributed by atoms with Crippen LogP contribution in [0.3, 0.4) is 0 Å². The van der Waals surface area contributed by atoms with Crippen LogP contribution in [0.5, 0.6) is 0 Å². The predicted octanol–water partition coefficient (Wildman–Crippen LogP) is 2.73. The van der Waals surface area contributed by atoms with Crippen molar-refractivity contribution in [2.75, 3.05) is 0 Å². The lowest BCUT2D eigenvalue weighted by Gasteiger charge is -2.36. The zero-order valence-corrected chi connectivity index (χ0v) is 8.50. The van der Waals surface area contributed by atoms with Crippen molar-refractivity contribution in [2.24, 2.45) is 17.3 Å². The van der Waals surface area contributed by atoms with Crippen LogP contribution in [-0.4, -0.2) is 5.78 Å². The number of fused-ring (bicyclic) bond motifs is 2. The molecule has 2 rings (SSSR count). The van der Waals surface area contributed by atoms with E-state index in [0.29, 0.717) is 17.6 Å². The van der Waals surface area contributed by atoms with Gasteiger partial charge in [0.2, 0.25) is 0 Å². The number of carbonyl (C=O) groups is 1. The van der Waals surface area contributed by atoms with Crippen LogP contribution < -0.4 is 0 Å². The van der Waals surface area contributed by atoms with Gasteiger partial charge in [0.05, 0.1) is 0 Å². The molecule has 2 aliphatic carbocycles. The highest BCUT2D eigenvalue weighted by Crippen LogP contribution is 2.48. The van der Waals surface area contributed by atoms with Crippen LogP contribution in [0.2, 0.25) is 0 Å². The molecule has 13 heavy (non-hydrogen) atoms. The molecule has 0 unspecified atom stereocenters. The SMILES string of the molecule is C/C=C1/C(=O)C(C)(C)[C@@H]2C=C[C@H]1C2. The molecule has 2 atom stereocenters. The van der Waals surface area contributed by atoms with Crippen LogP contribution in [0.25, 0.3) is 0 Å². The summed E-state index contributed by atoms with van der Waals surface area (Å²) in [5.41, 5.74) is 0.848. The minimum absolute atomic E-state index is 0.175. The zero-order chi connectivity index (χ0) is 9.64. The first-order valence-corrected chi connectivity index (χ1v) is 4.96. The first kappa shape index (κ1) is 8.74. The molecule has 1 fully saturated rings. The molecule has 2 aliphatic rings. The summed E-state index contributed by atoms with van der Waals surface area (Å²) in [4.78, 5) is 12.0. The molecule has 0 saturated heterocycles. The molecule has 0 heterocycles. The Balaban J connectivity index is 2.47. The van der Waals surface area contributed by atoms with E-state index in [1.54, 1.807) is 0 Å². The van der Waals surface area contributed by atoms with Crippen LogP contribution >= 0.6 is 0 Å². The molecule has 0 aliphatic heterocycles. The summed E-state index contributed by atoms with van der Waals surface area (Å²) in [5.74, 6) is 1.23. The second-order valence-corrected chi connectivity index (χ2v) is 4.63. The van der Waals surface area contributed by atoms with Crippen LogP contribution in [0.15, 0.2) is 23.8 Å². The smallest absolute Gasteiger partial charge is 0.165 e. The molecule has 0 aromatic heterocycles. The number of rotatable bonds is 0. The van der Waals surface area contributed by atoms with Crippen molar-refractivity contribution in [3.63, 3.8) is 0 Å². The highest BCUT2D eigenvalue weighted by Gasteiger charge is 2.46. The van der Waals surface area contributed by atoms with Crippen molar-refractivity contribution in [1.29, 1.82) is 0 Å². The Morgan fingerprint density at radius 2 is 2.15 bits per heavy atom. The summed E-state index contributed by atoms with van der Waals surface area (Å²) in [6.45, 7) is 6.10. The number of Topliss-reactive ketones (excluding diaryl/α,β-unsaturated/α-hetero) is 1. The normalized spacial score (nSPS) is 38.7. The fraction of sp³-hybridized carbons (Fsp3) is 0.583. The Labute approximate surface area is 79.5 Å². The monoisotopic (exact) mass is 176 g/mol. The highest BCUT2D eigenvalue weighted by molar-refractivity contribution is 6.01. The molecule has 0 spiro atoms. The third-order valence-electron chi connectivity index (χ3n) is 3.57. The van der Waals surface area contributed by atoms with Gasteiger partial charge in [0.1, 0.15) is 0 Å². The van der Waals surface area contributed by atoms with E-state index in [-0.39, 0.29) is 5.41 Å². The molecule has 0 aromatic rings. The van der Waals surface area contributed by atoms with Gasteiger partial charge in [-0.3, -0.25) is 4.79 Å². The number of hydrogen-bond donors (Lipinski definition) is 0. The van der Waals surface area contributed by atoms with E-state index in [9.17, 15) is 4.79 Å². The van der Waals surface area contributed by atoms with Crippen molar-refractivity contribution >= 4 is 5.78 Å². The van der Waals surface area contributed by atoms with Crippen LogP contribution in [0.4, 0.5) is 0 Å². The Hall–Kier alpha value is -0.850. The first-order chi connectivity index (χ1) is 6.07. The van der Waals surface area contributed by atoms with Gasteiger partial charge in [-0.1, -0.05) is 32.1 Å². The Morgan fingerprint density at radius 1 is 1.46 bits per heavy atom. The standard InChI is InChI=1S/C12H16O/c1-4-10-8-5-6-9(7-8)12(2,3)11(10)13/h4-6,8-9H,7H2,1-3H3/b10-4+/t8-,9+/m0/s1. The maximum Gasteiger partial charge on any atom is 0.165 e. The van der Waals surface area contributed by atoms with Gasteiger partial charge < -0.3 is 0 Å². The minimum Gasteiger partial charge on any atom is -0.294 e. The van der Waals surface area contributed by atoms with Gasteiger partial charge in [-0.25, -0.2) is 0 Å². The summed E-state index contributed by atoms with van der Waals surface area (Å²) >= 11 is 0. The summed E-state index contributed by atoms with van der Waals surface area (Å²) in [7, 11) is 0. The van der Waals surface area contributed by atoms with Gasteiger partial charge in [-0.05, 0) is 24.8 Å². The second kappa shape index (κ2) is 2.57. The van der Waals surface area contributed by atoms with E-state index in [1.807, 2.05) is 13.0 Å². The highest BCUT2D eigenvalue weighted by atomic mass is 16.1. The van der Waals surface area contributed by atoms with Crippen molar-refractivity contribution in [3.05, 3.63) is 23.8 Å². The van der Waals surface area contributed by atoms with Crippen molar-refractivity contribution in [1.82, 2.24) is 0 Å². The lowest BCUT2D eigenvalue weighted by atomic mass is 9.66. The molecule has 0 aromatic carbocycles. The average molecular weight is 176 g/mol. The van der Waals surface area contributed by atoms with E-state index in [0.717, 1.165) is 12.0 Å². The van der Waals surface area contributed by atoms with E-state index in [4.69, 9.17) is 0 Å². The summed E-state index contributed by atoms with van der Waals surface area (Å²) in [5, 5.41) is 0. The van der Waals surface area contributed by atoms with Crippen molar-refractivity contribution < 1.29 is 4.79 Å². The average Bonchev–Trinajstić information content (AvgIpc) is 2.51. The van der Waals surface area contributed by atoms with E-state index in [2.05, 4.69) is 26.0 Å². The van der Waals surface area contributed by atoms with Gasteiger partial charge in [-0.15, -0.1) is 0 Å². The number of allylic oxidation sites excluding steroid dienone is 4. The molecule has 0 radical (unpaired) electrons. The van der Waals surface area contributed by atoms with Gasteiger partial charge in [-0.2, -0.15) is 0 Å². The van der Waals surface area contributed by atoms with Gasteiger partial charge in [0, 0.05) is 11.3 Å². The predicted molar refractivity (Wildman–Crippen MR) is 53.3 cm³/mol. The summed E-state index contributed by atoms with van der Waals surface area (Å²) in [6, 6.07) is 0. The lowest BCUT2D eigenvalue weighted by molar-refractivity contribution is -0.127. The molecular formula is C12H16O. The Morgan fingerprint density at radius 3 is 2.77 bits per heavy atom. The summed E-state index contributed by atoms with van der Waals surface area (Å²) < 4.78 is 0. The molecule has 0 amide bonds. The van der Waals surface area contributed by atoms with Crippen LogP contribution in [0.1, 0.15) is 27.2 Å². The molecular weight excluding hydrogens is 160 g/mol. The molecule has 1 nitrogen and oxygen atoms in total. The van der Waals surface area contributed by atoms with Gasteiger partial charge in [0.25, 0.3) is 0 Å². The number of ketones is 1. The Kier molecular flexibility index (Phi) is 1.73. The fourth-order valence-corrected chi connectivity index (χ4v) is 2.52. The van der Waals surface area contributed by atoms with Crippen molar-refractivity contribution in [2.45, 2.75) is 27.2 Å². The quantitative estimate of drug-likeness (QED) is 0.409. The zero-order valence-electron chi connectivity index (χ0n) is 8.50. The Bertz CT molecular complexity index is 307. The summed E-state index contributed by atoms with van der Waals surface area (Å²) in [6.07, 6.45) is 7.55. The van der Waals surface area contributed by atoms with E-state index in [1.165, 1.54) is 0 Å². The molecule has 2 bridgehead atoms. The maximum absolute atomic E-state index is 12.0. The molecule has 70 valence electrons. The van der Waals surface area contributed by atoms with Crippen LogP contribution in [0, 0.1) is 17.3 Å². The van der Waals surface area contributed by atoms with Crippen LogP contribution in [-0.2, 0) is 4.79 Å². The van der Waals surface area contributed by atoms with Gasteiger partial charge >= 0.3 is 0 Å². The first-order valence-electron chi connectivity index (χ1n) is 4.96. The molecule has 1 heteroatoms.